The number of likely N-dealkylation sites (N-methyl/N-ethyl adjacent to an activating group) is 1. The molecule has 0 fully saturated rings. The highest BCUT2D eigenvalue weighted by atomic mass is 35.5. The first kappa shape index (κ1) is 16.4. The SMILES string of the molecule is CCC(N)C(c1ccc(Cl)s1)N(C)CCc1ccncc1. The Hall–Kier alpha value is -0.940. The summed E-state index contributed by atoms with van der Waals surface area (Å²) in [6.45, 7) is 3.08. The van der Waals surface area contributed by atoms with Crippen molar-refractivity contribution in [2.75, 3.05) is 13.6 Å². The average Bonchev–Trinajstić information content (AvgIpc) is 2.92. The molecule has 0 saturated heterocycles. The lowest BCUT2D eigenvalue weighted by molar-refractivity contribution is 0.215. The molecule has 0 aliphatic carbocycles. The van der Waals surface area contributed by atoms with E-state index in [2.05, 4.69) is 42.1 Å². The number of thiophene rings is 1. The van der Waals surface area contributed by atoms with Gasteiger partial charge < -0.3 is 5.73 Å². The third-order valence-corrected chi connectivity index (χ3v) is 5.04. The summed E-state index contributed by atoms with van der Waals surface area (Å²) in [7, 11) is 2.13. The van der Waals surface area contributed by atoms with Crippen LogP contribution in [0, 0.1) is 0 Å². The Morgan fingerprint density at radius 3 is 2.57 bits per heavy atom. The molecule has 2 N–H and O–H groups in total. The predicted molar refractivity (Wildman–Crippen MR) is 90.9 cm³/mol. The molecular weight excluding hydrogens is 302 g/mol. The second-order valence-corrected chi connectivity index (χ2v) is 6.99. The zero-order chi connectivity index (χ0) is 15.2. The molecule has 2 atom stereocenters. The summed E-state index contributed by atoms with van der Waals surface area (Å²) in [4.78, 5) is 7.63. The molecule has 0 spiro atoms. The van der Waals surface area contributed by atoms with Gasteiger partial charge in [-0.25, -0.2) is 0 Å². The van der Waals surface area contributed by atoms with Crippen molar-refractivity contribution in [2.24, 2.45) is 5.73 Å². The Kier molecular flexibility index (Phi) is 6.18. The maximum atomic E-state index is 6.34. The first-order valence-electron chi connectivity index (χ1n) is 7.21. The first-order valence-corrected chi connectivity index (χ1v) is 8.41. The van der Waals surface area contributed by atoms with Crippen LogP contribution in [0.3, 0.4) is 0 Å². The van der Waals surface area contributed by atoms with E-state index in [1.807, 2.05) is 18.5 Å². The summed E-state index contributed by atoms with van der Waals surface area (Å²) >= 11 is 7.71. The minimum absolute atomic E-state index is 0.113. The lowest BCUT2D eigenvalue weighted by Crippen LogP contribution is -2.39. The predicted octanol–water partition coefficient (Wildman–Crippen LogP) is 3.75. The molecule has 0 radical (unpaired) electrons. The standard InChI is InChI=1S/C16H22ClN3S/c1-3-13(18)16(14-4-5-15(17)21-14)20(2)11-8-12-6-9-19-10-7-12/h4-7,9-10,13,16H,3,8,11,18H2,1-2H3. The van der Waals surface area contributed by atoms with Crippen molar-refractivity contribution >= 4 is 22.9 Å². The molecule has 2 heterocycles. The van der Waals surface area contributed by atoms with Crippen molar-refractivity contribution in [3.8, 4) is 0 Å². The summed E-state index contributed by atoms with van der Waals surface area (Å²) in [6, 6.07) is 8.50. The number of aromatic nitrogens is 1. The minimum Gasteiger partial charge on any atom is -0.326 e. The summed E-state index contributed by atoms with van der Waals surface area (Å²) in [6.07, 6.45) is 5.61. The molecule has 2 aromatic rings. The van der Waals surface area contributed by atoms with Crippen LogP contribution in [0.2, 0.25) is 4.34 Å². The van der Waals surface area contributed by atoms with Crippen LogP contribution >= 0.6 is 22.9 Å². The van der Waals surface area contributed by atoms with Gasteiger partial charge in [-0.3, -0.25) is 9.88 Å². The molecule has 0 aliphatic rings. The summed E-state index contributed by atoms with van der Waals surface area (Å²) in [5, 5.41) is 0. The van der Waals surface area contributed by atoms with Crippen molar-refractivity contribution in [3.63, 3.8) is 0 Å². The molecule has 0 amide bonds. The Morgan fingerprint density at radius 1 is 1.29 bits per heavy atom. The fourth-order valence-corrected chi connectivity index (χ4v) is 3.76. The zero-order valence-electron chi connectivity index (χ0n) is 12.5. The van der Waals surface area contributed by atoms with Crippen LogP contribution in [0.1, 0.15) is 29.8 Å². The second-order valence-electron chi connectivity index (χ2n) is 5.24. The van der Waals surface area contributed by atoms with E-state index in [9.17, 15) is 0 Å². The van der Waals surface area contributed by atoms with Crippen molar-refractivity contribution in [1.82, 2.24) is 9.88 Å². The van der Waals surface area contributed by atoms with Gasteiger partial charge in [0, 0.05) is 29.9 Å². The van der Waals surface area contributed by atoms with E-state index in [-0.39, 0.29) is 12.1 Å². The number of pyridine rings is 1. The Bertz CT molecular complexity index is 543. The van der Waals surface area contributed by atoms with Crippen LogP contribution in [0.25, 0.3) is 0 Å². The normalized spacial score (nSPS) is 14.3. The smallest absolute Gasteiger partial charge is 0.0931 e. The molecule has 21 heavy (non-hydrogen) atoms. The maximum Gasteiger partial charge on any atom is 0.0931 e. The van der Waals surface area contributed by atoms with Gasteiger partial charge in [-0.05, 0) is 49.7 Å². The van der Waals surface area contributed by atoms with Gasteiger partial charge in [-0.2, -0.15) is 0 Å². The fourth-order valence-electron chi connectivity index (χ4n) is 2.46. The second kappa shape index (κ2) is 7.90. The van der Waals surface area contributed by atoms with Crippen molar-refractivity contribution in [1.29, 1.82) is 0 Å². The Balaban J connectivity index is 2.06. The Labute approximate surface area is 135 Å². The molecule has 3 nitrogen and oxygen atoms in total. The van der Waals surface area contributed by atoms with Gasteiger partial charge in [-0.15, -0.1) is 11.3 Å². The monoisotopic (exact) mass is 323 g/mol. The molecule has 2 rings (SSSR count). The molecule has 0 aromatic carbocycles. The summed E-state index contributed by atoms with van der Waals surface area (Å²) < 4.78 is 0.820. The minimum atomic E-state index is 0.113. The van der Waals surface area contributed by atoms with E-state index in [0.29, 0.717) is 0 Å². The summed E-state index contributed by atoms with van der Waals surface area (Å²) in [5.41, 5.74) is 7.64. The fraction of sp³-hybridized carbons (Fsp3) is 0.438. The van der Waals surface area contributed by atoms with E-state index in [0.717, 1.165) is 23.7 Å². The van der Waals surface area contributed by atoms with E-state index < -0.39 is 0 Å². The average molecular weight is 324 g/mol. The quantitative estimate of drug-likeness (QED) is 0.843. The molecule has 0 aliphatic heterocycles. The Morgan fingerprint density at radius 2 is 2.00 bits per heavy atom. The lowest BCUT2D eigenvalue weighted by atomic mass is 10.0. The number of nitrogens with zero attached hydrogens (tertiary/aromatic N) is 2. The largest absolute Gasteiger partial charge is 0.326 e. The van der Waals surface area contributed by atoms with Crippen molar-refractivity contribution in [3.05, 3.63) is 51.4 Å². The lowest BCUT2D eigenvalue weighted by Gasteiger charge is -2.31. The van der Waals surface area contributed by atoms with Gasteiger partial charge in [0.15, 0.2) is 0 Å². The molecule has 2 aromatic heterocycles. The molecular formula is C16H22ClN3S. The summed E-state index contributed by atoms with van der Waals surface area (Å²) in [5.74, 6) is 0. The molecule has 0 bridgehead atoms. The third-order valence-electron chi connectivity index (χ3n) is 3.74. The van der Waals surface area contributed by atoms with E-state index in [1.54, 1.807) is 11.3 Å². The number of nitrogens with two attached hydrogens (primary N) is 1. The van der Waals surface area contributed by atoms with Crippen LogP contribution in [-0.4, -0.2) is 29.5 Å². The number of halogens is 1. The first-order chi connectivity index (χ1) is 10.1. The van der Waals surface area contributed by atoms with E-state index in [4.69, 9.17) is 17.3 Å². The van der Waals surface area contributed by atoms with Crippen LogP contribution in [-0.2, 0) is 6.42 Å². The third kappa shape index (κ3) is 4.51. The van der Waals surface area contributed by atoms with Crippen LogP contribution in [0.4, 0.5) is 0 Å². The zero-order valence-corrected chi connectivity index (χ0v) is 14.1. The van der Waals surface area contributed by atoms with Crippen LogP contribution in [0.15, 0.2) is 36.7 Å². The highest BCUT2D eigenvalue weighted by Gasteiger charge is 2.24. The van der Waals surface area contributed by atoms with Gasteiger partial charge in [-0.1, -0.05) is 18.5 Å². The van der Waals surface area contributed by atoms with E-state index >= 15 is 0 Å². The van der Waals surface area contributed by atoms with Gasteiger partial charge in [0.05, 0.1) is 10.4 Å². The maximum absolute atomic E-state index is 6.34. The highest BCUT2D eigenvalue weighted by Crippen LogP contribution is 2.32. The van der Waals surface area contributed by atoms with Crippen LogP contribution < -0.4 is 5.73 Å². The van der Waals surface area contributed by atoms with Gasteiger partial charge in [0.2, 0.25) is 0 Å². The van der Waals surface area contributed by atoms with Gasteiger partial charge in [0.1, 0.15) is 0 Å². The molecule has 5 heteroatoms. The topological polar surface area (TPSA) is 42.1 Å². The molecule has 2 unspecified atom stereocenters. The van der Waals surface area contributed by atoms with Gasteiger partial charge >= 0.3 is 0 Å². The van der Waals surface area contributed by atoms with Crippen molar-refractivity contribution in [2.45, 2.75) is 31.8 Å². The number of rotatable bonds is 7. The van der Waals surface area contributed by atoms with Crippen molar-refractivity contribution < 1.29 is 0 Å². The van der Waals surface area contributed by atoms with Gasteiger partial charge in [0.25, 0.3) is 0 Å². The molecule has 0 saturated carbocycles. The van der Waals surface area contributed by atoms with Crippen LogP contribution in [0.5, 0.6) is 0 Å². The number of hydrogen-bond acceptors (Lipinski definition) is 4. The highest BCUT2D eigenvalue weighted by molar-refractivity contribution is 7.16. The van der Waals surface area contributed by atoms with E-state index in [1.165, 1.54) is 10.4 Å². The molecule has 114 valence electrons. The number of hydrogen-bond donors (Lipinski definition) is 1.